The van der Waals surface area contributed by atoms with Crippen LogP contribution in [0.25, 0.3) is 0 Å². The molecule has 2 N–H and O–H groups in total. The van der Waals surface area contributed by atoms with Crippen molar-refractivity contribution in [2.75, 3.05) is 20.1 Å². The lowest BCUT2D eigenvalue weighted by molar-refractivity contribution is 0.0377. The molecule has 0 aliphatic heterocycles. The summed E-state index contributed by atoms with van der Waals surface area (Å²) in [5.74, 6) is 0. The number of hydrogen-bond acceptors (Lipinski definition) is 3. The highest BCUT2D eigenvalue weighted by Crippen LogP contribution is 2.21. The molecule has 3 heteroatoms. The van der Waals surface area contributed by atoms with Crippen molar-refractivity contribution >= 4 is 0 Å². The van der Waals surface area contributed by atoms with E-state index < -0.39 is 0 Å². The molecule has 2 atom stereocenters. The summed E-state index contributed by atoms with van der Waals surface area (Å²) in [6.07, 6.45) is 0.232. The molecule has 2 unspecified atom stereocenters. The molecule has 0 rings (SSSR count). The van der Waals surface area contributed by atoms with Gasteiger partial charge in [0.15, 0.2) is 0 Å². The Morgan fingerprint density at radius 2 is 1.71 bits per heavy atom. The molecule has 0 fully saturated rings. The smallest absolute Gasteiger partial charge is 0.0575 e. The molecule has 0 aliphatic rings. The summed E-state index contributed by atoms with van der Waals surface area (Å²) in [6.45, 7) is 9.44. The Balaban J connectivity index is 3.87. The Hall–Kier alpha value is -0.120. The summed E-state index contributed by atoms with van der Waals surface area (Å²) in [4.78, 5) is 2.15. The van der Waals surface area contributed by atoms with E-state index in [0.29, 0.717) is 0 Å². The van der Waals surface area contributed by atoms with E-state index in [1.54, 1.807) is 6.92 Å². The molecular formula is C11H25NO2. The van der Waals surface area contributed by atoms with Gasteiger partial charge in [0, 0.05) is 18.5 Å². The van der Waals surface area contributed by atoms with Crippen LogP contribution in [0.2, 0.25) is 0 Å². The zero-order chi connectivity index (χ0) is 11.4. The van der Waals surface area contributed by atoms with Crippen molar-refractivity contribution in [3.63, 3.8) is 0 Å². The summed E-state index contributed by atoms with van der Waals surface area (Å²) in [6, 6.07) is 0. The van der Waals surface area contributed by atoms with Crippen molar-refractivity contribution in [2.24, 2.45) is 5.41 Å². The van der Waals surface area contributed by atoms with E-state index in [0.717, 1.165) is 19.5 Å². The van der Waals surface area contributed by atoms with Crippen LogP contribution in [-0.2, 0) is 0 Å². The van der Waals surface area contributed by atoms with E-state index in [2.05, 4.69) is 18.7 Å². The van der Waals surface area contributed by atoms with Crippen LogP contribution in [0.15, 0.2) is 0 Å². The summed E-state index contributed by atoms with van der Waals surface area (Å²) < 4.78 is 0. The van der Waals surface area contributed by atoms with Gasteiger partial charge in [0.2, 0.25) is 0 Å². The average molecular weight is 203 g/mol. The highest BCUT2D eigenvalue weighted by atomic mass is 16.3. The summed E-state index contributed by atoms with van der Waals surface area (Å²) in [5, 5.41) is 18.7. The molecule has 86 valence electrons. The largest absolute Gasteiger partial charge is 0.393 e. The number of nitrogens with zero attached hydrogens (tertiary/aromatic N) is 1. The fraction of sp³-hybridized carbons (Fsp3) is 1.00. The number of aliphatic hydroxyl groups excluding tert-OH is 2. The van der Waals surface area contributed by atoms with Crippen LogP contribution < -0.4 is 0 Å². The number of hydrogen-bond donors (Lipinski definition) is 2. The highest BCUT2D eigenvalue weighted by Gasteiger charge is 2.25. The fourth-order valence-electron chi connectivity index (χ4n) is 1.31. The van der Waals surface area contributed by atoms with Crippen molar-refractivity contribution in [2.45, 2.75) is 46.3 Å². The van der Waals surface area contributed by atoms with E-state index in [9.17, 15) is 5.11 Å². The third-order valence-corrected chi connectivity index (χ3v) is 2.74. The molecule has 0 heterocycles. The van der Waals surface area contributed by atoms with Gasteiger partial charge in [-0.05, 0) is 27.3 Å². The van der Waals surface area contributed by atoms with Gasteiger partial charge < -0.3 is 15.1 Å². The molecule has 0 aromatic rings. The van der Waals surface area contributed by atoms with Gasteiger partial charge >= 0.3 is 0 Å². The summed E-state index contributed by atoms with van der Waals surface area (Å²) >= 11 is 0. The second kappa shape index (κ2) is 5.69. The lowest BCUT2D eigenvalue weighted by Gasteiger charge is -2.33. The molecule has 0 aromatic heterocycles. The Morgan fingerprint density at radius 1 is 1.21 bits per heavy atom. The quantitative estimate of drug-likeness (QED) is 0.679. The molecular weight excluding hydrogens is 178 g/mol. The normalized spacial score (nSPS) is 17.1. The van der Waals surface area contributed by atoms with E-state index in [1.165, 1.54) is 0 Å². The standard InChI is InChI=1S/C11H25NO2/c1-9(13)6-7-12(5)8-11(3,4)10(2)14/h9-10,13-14H,6-8H2,1-5H3. The Labute approximate surface area is 87.7 Å². The van der Waals surface area contributed by atoms with Crippen LogP contribution in [0, 0.1) is 5.41 Å². The maximum atomic E-state index is 9.53. The average Bonchev–Trinajstić information content (AvgIpc) is 1.99. The molecule has 0 saturated heterocycles. The van der Waals surface area contributed by atoms with Gasteiger partial charge in [-0.3, -0.25) is 0 Å². The number of aliphatic hydroxyl groups is 2. The third-order valence-electron chi connectivity index (χ3n) is 2.74. The van der Waals surface area contributed by atoms with Crippen LogP contribution in [-0.4, -0.2) is 47.5 Å². The van der Waals surface area contributed by atoms with Crippen molar-refractivity contribution in [3.05, 3.63) is 0 Å². The van der Waals surface area contributed by atoms with Crippen LogP contribution in [0.1, 0.15) is 34.1 Å². The molecule has 0 spiro atoms. The maximum Gasteiger partial charge on any atom is 0.0575 e. The molecule has 0 amide bonds. The first-order valence-electron chi connectivity index (χ1n) is 5.30. The lowest BCUT2D eigenvalue weighted by Crippen LogP contribution is -2.39. The zero-order valence-corrected chi connectivity index (χ0v) is 10.1. The first-order valence-corrected chi connectivity index (χ1v) is 5.30. The Morgan fingerprint density at radius 3 is 2.07 bits per heavy atom. The van der Waals surface area contributed by atoms with Crippen LogP contribution in [0.3, 0.4) is 0 Å². The van der Waals surface area contributed by atoms with Gasteiger partial charge in [-0.2, -0.15) is 0 Å². The van der Waals surface area contributed by atoms with E-state index in [-0.39, 0.29) is 17.6 Å². The van der Waals surface area contributed by atoms with Crippen molar-refractivity contribution < 1.29 is 10.2 Å². The molecule has 0 radical (unpaired) electrons. The second-order valence-electron chi connectivity index (χ2n) is 5.04. The second-order valence-corrected chi connectivity index (χ2v) is 5.04. The van der Waals surface area contributed by atoms with Gasteiger partial charge in [0.25, 0.3) is 0 Å². The van der Waals surface area contributed by atoms with Gasteiger partial charge in [-0.1, -0.05) is 13.8 Å². The highest BCUT2D eigenvalue weighted by molar-refractivity contribution is 4.77. The monoisotopic (exact) mass is 203 g/mol. The molecule has 14 heavy (non-hydrogen) atoms. The summed E-state index contributed by atoms with van der Waals surface area (Å²) in [7, 11) is 2.02. The first kappa shape index (κ1) is 13.9. The Bertz CT molecular complexity index is 155. The summed E-state index contributed by atoms with van der Waals surface area (Å²) in [5.41, 5.74) is -0.0898. The minimum Gasteiger partial charge on any atom is -0.393 e. The van der Waals surface area contributed by atoms with Crippen LogP contribution in [0.4, 0.5) is 0 Å². The van der Waals surface area contributed by atoms with E-state index in [4.69, 9.17) is 5.11 Å². The minimum absolute atomic E-state index is 0.0898. The molecule has 0 bridgehead atoms. The molecule has 0 aromatic carbocycles. The molecule has 0 aliphatic carbocycles. The van der Waals surface area contributed by atoms with E-state index in [1.807, 2.05) is 14.0 Å². The first-order chi connectivity index (χ1) is 6.25. The maximum absolute atomic E-state index is 9.53. The predicted molar refractivity (Wildman–Crippen MR) is 59.3 cm³/mol. The minimum atomic E-state index is -0.309. The number of rotatable bonds is 6. The topological polar surface area (TPSA) is 43.7 Å². The third kappa shape index (κ3) is 5.58. The predicted octanol–water partition coefficient (Wildman–Crippen LogP) is 1.10. The van der Waals surface area contributed by atoms with Gasteiger partial charge in [-0.15, -0.1) is 0 Å². The van der Waals surface area contributed by atoms with Crippen LogP contribution >= 0.6 is 0 Å². The fourth-order valence-corrected chi connectivity index (χ4v) is 1.31. The van der Waals surface area contributed by atoms with Gasteiger partial charge in [0.05, 0.1) is 12.2 Å². The van der Waals surface area contributed by atoms with Gasteiger partial charge in [0.1, 0.15) is 0 Å². The molecule has 0 saturated carbocycles. The van der Waals surface area contributed by atoms with Crippen LogP contribution in [0.5, 0.6) is 0 Å². The van der Waals surface area contributed by atoms with Crippen molar-refractivity contribution in [3.8, 4) is 0 Å². The Kier molecular flexibility index (Phi) is 5.64. The lowest BCUT2D eigenvalue weighted by atomic mass is 9.87. The SMILES string of the molecule is CC(O)CCN(C)CC(C)(C)C(C)O. The van der Waals surface area contributed by atoms with Gasteiger partial charge in [-0.25, -0.2) is 0 Å². The van der Waals surface area contributed by atoms with Crippen molar-refractivity contribution in [1.82, 2.24) is 4.90 Å². The molecule has 3 nitrogen and oxygen atoms in total. The van der Waals surface area contributed by atoms with Crippen molar-refractivity contribution in [1.29, 1.82) is 0 Å². The van der Waals surface area contributed by atoms with E-state index >= 15 is 0 Å². The zero-order valence-electron chi connectivity index (χ0n) is 10.1.